The van der Waals surface area contributed by atoms with Crippen LogP contribution >= 0.6 is 11.6 Å². The molecule has 0 spiro atoms. The van der Waals surface area contributed by atoms with Crippen LogP contribution in [0.15, 0.2) is 30.4 Å². The fourth-order valence-electron chi connectivity index (χ4n) is 3.95. The molecule has 0 amide bonds. The Morgan fingerprint density at radius 1 is 1.09 bits per heavy atom. The molecule has 0 aromatic heterocycles. The maximum absolute atomic E-state index is 13.1. The molecule has 0 radical (unpaired) electrons. The van der Waals surface area contributed by atoms with Gasteiger partial charge in [0.25, 0.3) is 0 Å². The van der Waals surface area contributed by atoms with Crippen molar-refractivity contribution >= 4 is 17.6 Å². The second kappa shape index (κ2) is 12.3. The number of ether oxygens (including phenoxy) is 2. The quantitative estimate of drug-likeness (QED) is 0.119. The third kappa shape index (κ3) is 9.22. The second-order valence-corrected chi connectivity index (χ2v) is 9.40. The van der Waals surface area contributed by atoms with Gasteiger partial charge in [-0.05, 0) is 63.6 Å². The van der Waals surface area contributed by atoms with Crippen molar-refractivity contribution in [3.63, 3.8) is 0 Å². The molecule has 0 heterocycles. The number of unbranched alkanes of at least 4 members (excludes halogenated alkanes) is 1. The van der Waals surface area contributed by atoms with Gasteiger partial charge in [0.15, 0.2) is 0 Å². The summed E-state index contributed by atoms with van der Waals surface area (Å²) in [6, 6.07) is 1.05. The van der Waals surface area contributed by atoms with E-state index in [0.717, 1.165) is 0 Å². The van der Waals surface area contributed by atoms with E-state index in [4.69, 9.17) is 21.1 Å². The molecular formula is C24H29ClF6O4. The number of rotatable bonds is 10. The molecule has 4 nitrogen and oxygen atoms in total. The van der Waals surface area contributed by atoms with Gasteiger partial charge in [0.2, 0.25) is 0 Å². The Kier molecular flexibility index (Phi) is 10.3. The van der Waals surface area contributed by atoms with E-state index in [1.165, 1.54) is 0 Å². The molecular weight excluding hydrogens is 502 g/mol. The molecule has 198 valence electrons. The van der Waals surface area contributed by atoms with Crippen molar-refractivity contribution in [3.05, 3.63) is 41.5 Å². The third-order valence-electron chi connectivity index (χ3n) is 5.67. The lowest BCUT2D eigenvalue weighted by Gasteiger charge is -2.23. The summed E-state index contributed by atoms with van der Waals surface area (Å²) in [6.07, 6.45) is -5.21. The maximum Gasteiger partial charge on any atom is 0.416 e. The van der Waals surface area contributed by atoms with E-state index in [2.05, 4.69) is 0 Å². The molecule has 0 aliphatic heterocycles. The van der Waals surface area contributed by atoms with Gasteiger partial charge in [0.1, 0.15) is 5.75 Å². The van der Waals surface area contributed by atoms with Gasteiger partial charge in [-0.1, -0.05) is 12.2 Å². The fraction of sp³-hybridized carbons (Fsp3) is 0.625. The van der Waals surface area contributed by atoms with Crippen molar-refractivity contribution in [2.75, 3.05) is 6.61 Å². The molecule has 4 unspecified atom stereocenters. The highest BCUT2D eigenvalue weighted by Gasteiger charge is 2.42. The van der Waals surface area contributed by atoms with Gasteiger partial charge in [0, 0.05) is 17.7 Å². The van der Waals surface area contributed by atoms with E-state index in [1.807, 2.05) is 12.2 Å². The zero-order valence-electron chi connectivity index (χ0n) is 19.3. The summed E-state index contributed by atoms with van der Waals surface area (Å²) < 4.78 is 88.8. The van der Waals surface area contributed by atoms with Gasteiger partial charge >= 0.3 is 18.3 Å². The predicted octanol–water partition coefficient (Wildman–Crippen LogP) is 6.78. The van der Waals surface area contributed by atoms with Crippen LogP contribution in [0, 0.1) is 11.8 Å². The Labute approximate surface area is 205 Å². The van der Waals surface area contributed by atoms with Crippen LogP contribution in [0.4, 0.5) is 26.3 Å². The highest BCUT2D eigenvalue weighted by atomic mass is 35.5. The molecule has 1 aliphatic carbocycles. The summed E-state index contributed by atoms with van der Waals surface area (Å²) in [6.45, 7) is 3.24. The lowest BCUT2D eigenvalue weighted by molar-refractivity contribution is -0.147. The van der Waals surface area contributed by atoms with Gasteiger partial charge < -0.3 is 14.6 Å². The lowest BCUT2D eigenvalue weighted by Crippen LogP contribution is -2.27. The van der Waals surface area contributed by atoms with Crippen LogP contribution in [0.25, 0.3) is 0 Å². The Hall–Kier alpha value is -1.94. The number of hydrogen-bond donors (Lipinski definition) is 1. The molecule has 35 heavy (non-hydrogen) atoms. The number of esters is 1. The van der Waals surface area contributed by atoms with Gasteiger partial charge in [-0.2, -0.15) is 26.3 Å². The average Bonchev–Trinajstić information content (AvgIpc) is 2.99. The van der Waals surface area contributed by atoms with Crippen LogP contribution in [0.2, 0.25) is 0 Å². The van der Waals surface area contributed by atoms with E-state index >= 15 is 0 Å². The van der Waals surface area contributed by atoms with E-state index in [9.17, 15) is 36.2 Å². The summed E-state index contributed by atoms with van der Waals surface area (Å²) in [7, 11) is 0. The molecule has 0 saturated heterocycles. The summed E-state index contributed by atoms with van der Waals surface area (Å²) in [5, 5.41) is 9.92. The standard InChI is InChI=1S/C24H29ClF6O4/c1-14(2)35-22(33)8-6-4-3-5-7-18-19(21(32)12-20(18)25)13-34-17-10-15(23(26,27)28)9-16(11-17)24(29,30)31/h3,5,9-11,14,18-21,32H,4,6-8,12-13H2,1-2H3/b5-3-. The number of benzene rings is 1. The first-order valence-electron chi connectivity index (χ1n) is 11.3. The van der Waals surface area contributed by atoms with Crippen molar-refractivity contribution in [2.45, 2.75) is 75.9 Å². The van der Waals surface area contributed by atoms with Crippen molar-refractivity contribution < 1.29 is 45.7 Å². The fourth-order valence-corrected chi connectivity index (χ4v) is 4.42. The van der Waals surface area contributed by atoms with Crippen molar-refractivity contribution in [3.8, 4) is 5.75 Å². The van der Waals surface area contributed by atoms with Crippen LogP contribution < -0.4 is 4.74 Å². The molecule has 1 aromatic carbocycles. The van der Waals surface area contributed by atoms with Crippen LogP contribution in [-0.4, -0.2) is 35.3 Å². The molecule has 0 bridgehead atoms. The Balaban J connectivity index is 1.99. The summed E-state index contributed by atoms with van der Waals surface area (Å²) in [5.41, 5.74) is -2.94. The lowest BCUT2D eigenvalue weighted by atomic mass is 9.92. The maximum atomic E-state index is 13.1. The number of allylic oxidation sites excluding steroid dienone is 2. The van der Waals surface area contributed by atoms with E-state index in [1.54, 1.807) is 13.8 Å². The topological polar surface area (TPSA) is 55.8 Å². The molecule has 1 N–H and O–H groups in total. The molecule has 1 saturated carbocycles. The Morgan fingerprint density at radius 2 is 1.69 bits per heavy atom. The zero-order chi connectivity index (χ0) is 26.4. The molecule has 1 aliphatic rings. The largest absolute Gasteiger partial charge is 0.493 e. The first-order valence-corrected chi connectivity index (χ1v) is 11.7. The third-order valence-corrected chi connectivity index (χ3v) is 6.17. The molecule has 2 rings (SSSR count). The number of aliphatic hydroxyl groups is 1. The Morgan fingerprint density at radius 3 is 2.23 bits per heavy atom. The summed E-state index contributed by atoms with van der Waals surface area (Å²) >= 11 is 6.34. The molecule has 11 heteroatoms. The smallest absolute Gasteiger partial charge is 0.416 e. The van der Waals surface area contributed by atoms with Crippen LogP contribution in [-0.2, 0) is 21.9 Å². The Bertz CT molecular complexity index is 836. The van der Waals surface area contributed by atoms with Crippen molar-refractivity contribution in [1.82, 2.24) is 0 Å². The summed E-state index contributed by atoms with van der Waals surface area (Å²) in [4.78, 5) is 11.5. The minimum Gasteiger partial charge on any atom is -0.493 e. The number of aliphatic hydroxyl groups excluding tert-OH is 1. The molecule has 1 fully saturated rings. The monoisotopic (exact) mass is 530 g/mol. The minimum atomic E-state index is -4.98. The highest BCUT2D eigenvalue weighted by Crippen LogP contribution is 2.41. The first-order chi connectivity index (χ1) is 16.2. The zero-order valence-corrected chi connectivity index (χ0v) is 20.1. The van der Waals surface area contributed by atoms with Crippen LogP contribution in [0.3, 0.4) is 0 Å². The predicted molar refractivity (Wildman–Crippen MR) is 118 cm³/mol. The number of alkyl halides is 7. The SMILES string of the molecule is CC(C)OC(=O)CCC/C=C\CC1C(Cl)CC(O)C1COc1cc(C(F)(F)F)cc(C(F)(F)F)c1. The van der Waals surface area contributed by atoms with Crippen LogP contribution in [0.5, 0.6) is 5.75 Å². The van der Waals surface area contributed by atoms with E-state index in [-0.39, 0.29) is 43.5 Å². The van der Waals surface area contributed by atoms with E-state index < -0.39 is 46.6 Å². The second-order valence-electron chi connectivity index (χ2n) is 8.84. The van der Waals surface area contributed by atoms with Crippen molar-refractivity contribution in [1.29, 1.82) is 0 Å². The van der Waals surface area contributed by atoms with Crippen molar-refractivity contribution in [2.24, 2.45) is 11.8 Å². The minimum absolute atomic E-state index is 0.0300. The average molecular weight is 531 g/mol. The number of carbonyl (C=O) groups is 1. The number of carbonyl (C=O) groups excluding carboxylic acids is 1. The first kappa shape index (κ1) is 29.3. The van der Waals surface area contributed by atoms with Gasteiger partial charge in [0.05, 0.1) is 29.9 Å². The van der Waals surface area contributed by atoms with Crippen LogP contribution in [0.1, 0.15) is 57.1 Å². The molecule has 4 atom stereocenters. The normalized spacial score (nSPS) is 23.3. The van der Waals surface area contributed by atoms with Gasteiger partial charge in [-0.15, -0.1) is 11.6 Å². The summed E-state index contributed by atoms with van der Waals surface area (Å²) in [5.74, 6) is -1.73. The number of halogens is 7. The molecule has 1 aromatic rings. The highest BCUT2D eigenvalue weighted by molar-refractivity contribution is 6.21. The number of hydrogen-bond acceptors (Lipinski definition) is 4. The van der Waals surface area contributed by atoms with Gasteiger partial charge in [-0.3, -0.25) is 4.79 Å². The van der Waals surface area contributed by atoms with Gasteiger partial charge in [-0.25, -0.2) is 0 Å². The van der Waals surface area contributed by atoms with E-state index in [0.29, 0.717) is 31.4 Å².